The molecule has 0 saturated heterocycles. The Labute approximate surface area is 118 Å². The summed E-state index contributed by atoms with van der Waals surface area (Å²) in [5.41, 5.74) is 1.79. The molecule has 0 saturated carbocycles. The lowest BCUT2D eigenvalue weighted by Gasteiger charge is -2.39. The molecular weight excluding hydrogens is 252 g/mol. The van der Waals surface area contributed by atoms with Crippen LogP contribution in [0.2, 0.25) is 0 Å². The Morgan fingerprint density at radius 3 is 2.47 bits per heavy atom. The second-order valence-electron chi connectivity index (χ2n) is 5.89. The van der Waals surface area contributed by atoms with Gasteiger partial charge in [0.05, 0.1) is 11.1 Å². The van der Waals surface area contributed by atoms with Gasteiger partial charge in [0, 0.05) is 11.4 Å². The molecule has 0 bridgehead atoms. The molecule has 1 aromatic carbocycles. The molecule has 1 atom stereocenters. The van der Waals surface area contributed by atoms with Crippen LogP contribution in [0.15, 0.2) is 36.5 Å². The third-order valence-electron chi connectivity index (χ3n) is 3.72. The first kappa shape index (κ1) is 14.5. The van der Waals surface area contributed by atoms with Gasteiger partial charge in [-0.15, -0.1) is 9.24 Å². The van der Waals surface area contributed by atoms with Crippen molar-refractivity contribution in [1.82, 2.24) is 4.98 Å². The molecule has 1 aromatic heterocycles. The average Bonchev–Trinajstić information content (AvgIpc) is 2.35. The minimum atomic E-state index is -0.262. The van der Waals surface area contributed by atoms with E-state index in [-0.39, 0.29) is 10.8 Å². The van der Waals surface area contributed by atoms with E-state index in [9.17, 15) is 0 Å². The molecule has 2 aromatic rings. The number of hydrogen-bond donors (Lipinski definition) is 0. The fourth-order valence-electron chi connectivity index (χ4n) is 1.58. The van der Waals surface area contributed by atoms with E-state index in [1.807, 2.05) is 37.9 Å². The standard InChI is InChI=1S/C15H20BNOP/c1-14(2,15(3,4)19)18-16-12-9-10-17-13-8-6-5-7-11(12)13/h5-10H,19H2,1-4H3. The molecule has 0 fully saturated rings. The van der Waals surface area contributed by atoms with Crippen LogP contribution < -0.4 is 5.46 Å². The van der Waals surface area contributed by atoms with Crippen LogP contribution in [0, 0.1) is 0 Å². The van der Waals surface area contributed by atoms with Gasteiger partial charge in [-0.2, -0.15) is 0 Å². The van der Waals surface area contributed by atoms with E-state index in [4.69, 9.17) is 4.65 Å². The van der Waals surface area contributed by atoms with Crippen LogP contribution in [0.5, 0.6) is 0 Å². The maximum absolute atomic E-state index is 6.01. The van der Waals surface area contributed by atoms with E-state index < -0.39 is 0 Å². The Morgan fingerprint density at radius 2 is 1.79 bits per heavy atom. The monoisotopic (exact) mass is 272 g/mol. The number of pyridine rings is 1. The number of benzene rings is 1. The molecule has 0 aliphatic carbocycles. The molecule has 0 amide bonds. The van der Waals surface area contributed by atoms with Gasteiger partial charge < -0.3 is 4.65 Å². The van der Waals surface area contributed by atoms with Gasteiger partial charge in [-0.1, -0.05) is 32.0 Å². The zero-order valence-corrected chi connectivity index (χ0v) is 13.1. The molecule has 0 aliphatic rings. The molecule has 0 aliphatic heterocycles. The zero-order chi connectivity index (χ0) is 14.1. The Morgan fingerprint density at radius 1 is 1.11 bits per heavy atom. The van der Waals surface area contributed by atoms with Gasteiger partial charge in [-0.3, -0.25) is 4.98 Å². The average molecular weight is 272 g/mol. The van der Waals surface area contributed by atoms with Gasteiger partial charge in [0.25, 0.3) is 0 Å². The normalized spacial score (nSPS) is 12.7. The quantitative estimate of drug-likeness (QED) is 0.630. The molecule has 2 nitrogen and oxygen atoms in total. The maximum Gasteiger partial charge on any atom is 0.331 e. The van der Waals surface area contributed by atoms with Gasteiger partial charge in [0.15, 0.2) is 0 Å². The van der Waals surface area contributed by atoms with E-state index in [1.165, 1.54) is 0 Å². The second-order valence-corrected chi connectivity index (χ2v) is 7.33. The first-order valence-electron chi connectivity index (χ1n) is 6.45. The van der Waals surface area contributed by atoms with Gasteiger partial charge in [-0.25, -0.2) is 0 Å². The summed E-state index contributed by atoms with van der Waals surface area (Å²) in [5.74, 6) is 0. The van der Waals surface area contributed by atoms with Crippen LogP contribution in [0.3, 0.4) is 0 Å². The largest absolute Gasteiger partial charge is 0.429 e. The van der Waals surface area contributed by atoms with Crippen molar-refractivity contribution >= 4 is 33.1 Å². The molecule has 0 N–H and O–H groups in total. The highest BCUT2D eigenvalue weighted by atomic mass is 31.0. The van der Waals surface area contributed by atoms with Crippen LogP contribution in [0.25, 0.3) is 10.9 Å². The van der Waals surface area contributed by atoms with Gasteiger partial charge in [0.2, 0.25) is 0 Å². The number of nitrogens with zero attached hydrogens (tertiary/aromatic N) is 1. The number of fused-ring (bicyclic) bond motifs is 1. The van der Waals surface area contributed by atoms with Crippen molar-refractivity contribution in [1.29, 1.82) is 0 Å². The van der Waals surface area contributed by atoms with Crippen molar-refractivity contribution in [2.24, 2.45) is 0 Å². The van der Waals surface area contributed by atoms with Crippen LogP contribution in [0.4, 0.5) is 0 Å². The molecule has 1 radical (unpaired) electrons. The van der Waals surface area contributed by atoms with Crippen molar-refractivity contribution in [3.8, 4) is 0 Å². The topological polar surface area (TPSA) is 22.1 Å². The van der Waals surface area contributed by atoms with Crippen LogP contribution >= 0.6 is 9.24 Å². The number of para-hydroxylation sites is 1. The Bertz CT molecular complexity index is 572. The minimum Gasteiger partial charge on any atom is -0.429 e. The Hall–Kier alpha value is -0.915. The summed E-state index contributed by atoms with van der Waals surface area (Å²) >= 11 is 0. The third kappa shape index (κ3) is 3.16. The molecule has 99 valence electrons. The van der Waals surface area contributed by atoms with E-state index in [1.54, 1.807) is 0 Å². The minimum absolute atomic E-state index is 0.00761. The third-order valence-corrected chi connectivity index (χ3v) is 4.41. The van der Waals surface area contributed by atoms with E-state index >= 15 is 0 Å². The Kier molecular flexibility index (Phi) is 3.99. The van der Waals surface area contributed by atoms with Gasteiger partial charge >= 0.3 is 7.48 Å². The SMILES string of the molecule is CC(C)(P)C(C)(C)O[B]c1ccnc2ccccc12. The zero-order valence-electron chi connectivity index (χ0n) is 12.0. The summed E-state index contributed by atoms with van der Waals surface area (Å²) in [6, 6.07) is 10.1. The van der Waals surface area contributed by atoms with E-state index in [2.05, 4.69) is 48.0 Å². The number of aromatic nitrogens is 1. The molecule has 1 unspecified atom stereocenters. The van der Waals surface area contributed by atoms with Crippen LogP contribution in [-0.4, -0.2) is 23.2 Å². The summed E-state index contributed by atoms with van der Waals surface area (Å²) in [7, 11) is 4.69. The first-order chi connectivity index (χ1) is 8.81. The molecular formula is C15H20BNOP. The molecule has 2 rings (SSSR count). The summed E-state index contributed by atoms with van der Waals surface area (Å²) in [4.78, 5) is 4.36. The maximum atomic E-state index is 6.01. The summed E-state index contributed by atoms with van der Waals surface area (Å²) in [6.45, 7) is 8.49. The predicted octanol–water partition coefficient (Wildman–Crippen LogP) is 2.93. The van der Waals surface area contributed by atoms with Gasteiger partial charge in [0.1, 0.15) is 0 Å². The highest BCUT2D eigenvalue weighted by Gasteiger charge is 2.33. The van der Waals surface area contributed by atoms with Crippen molar-refractivity contribution in [3.05, 3.63) is 36.5 Å². The van der Waals surface area contributed by atoms with Crippen molar-refractivity contribution in [3.63, 3.8) is 0 Å². The Balaban J connectivity index is 2.23. The highest BCUT2D eigenvalue weighted by molar-refractivity contribution is 7.19. The van der Waals surface area contributed by atoms with E-state index in [0.717, 1.165) is 16.4 Å². The summed E-state index contributed by atoms with van der Waals surface area (Å²) < 4.78 is 6.01. The summed E-state index contributed by atoms with van der Waals surface area (Å²) in [5, 5.41) is 1.11. The van der Waals surface area contributed by atoms with Crippen LogP contribution in [-0.2, 0) is 4.65 Å². The lowest BCUT2D eigenvalue weighted by Crippen LogP contribution is -2.45. The second kappa shape index (κ2) is 5.23. The summed E-state index contributed by atoms with van der Waals surface area (Å²) in [6.07, 6.45) is 1.82. The van der Waals surface area contributed by atoms with E-state index in [0.29, 0.717) is 0 Å². The molecule has 1 heterocycles. The number of hydrogen-bond acceptors (Lipinski definition) is 2. The smallest absolute Gasteiger partial charge is 0.331 e. The lowest BCUT2D eigenvalue weighted by atomic mass is 9.82. The fourth-order valence-corrected chi connectivity index (χ4v) is 1.65. The van der Waals surface area contributed by atoms with Gasteiger partial charge in [-0.05, 0) is 36.8 Å². The first-order valence-corrected chi connectivity index (χ1v) is 7.03. The van der Waals surface area contributed by atoms with Crippen molar-refractivity contribution in [2.45, 2.75) is 38.5 Å². The van der Waals surface area contributed by atoms with Crippen LogP contribution in [0.1, 0.15) is 27.7 Å². The van der Waals surface area contributed by atoms with Crippen molar-refractivity contribution < 1.29 is 4.65 Å². The molecule has 4 heteroatoms. The fraction of sp³-hybridized carbons (Fsp3) is 0.400. The highest BCUT2D eigenvalue weighted by Crippen LogP contribution is 2.33. The predicted molar refractivity (Wildman–Crippen MR) is 86.1 cm³/mol. The van der Waals surface area contributed by atoms with Crippen molar-refractivity contribution in [2.75, 3.05) is 0 Å². The molecule has 0 spiro atoms. The lowest BCUT2D eigenvalue weighted by molar-refractivity contribution is 0.0841. The molecule has 19 heavy (non-hydrogen) atoms. The number of rotatable bonds is 4.